The maximum atomic E-state index is 13.8. The van der Waals surface area contributed by atoms with Gasteiger partial charge in [-0.25, -0.2) is 9.18 Å². The highest BCUT2D eigenvalue weighted by molar-refractivity contribution is 7.87. The minimum atomic E-state index is -3.59. The number of nitrogens with one attached hydrogen (secondary N) is 1. The number of rotatable bonds is 8. The quantitative estimate of drug-likeness (QED) is 0.658. The van der Waals surface area contributed by atoms with E-state index in [0.29, 0.717) is 0 Å². The second-order valence-electron chi connectivity index (χ2n) is 6.37. The van der Waals surface area contributed by atoms with Gasteiger partial charge >= 0.3 is 16.1 Å². The largest absolute Gasteiger partial charge is 0.382 e. The van der Waals surface area contributed by atoms with Crippen LogP contribution in [0.4, 0.5) is 14.9 Å². The molecule has 152 valence electrons. The summed E-state index contributed by atoms with van der Waals surface area (Å²) < 4.78 is 41.9. The third kappa shape index (κ3) is 5.95. The molecule has 8 heteroatoms. The molecular formula is C20H25FN2O4S. The molecule has 1 N–H and O–H groups in total. The SMILES string of the molecule is CCC(C)N(Cc1ccc(OS(=O)(=O)CC)cc1)C(=O)Nc1ccccc1F. The average molecular weight is 408 g/mol. The van der Waals surface area contributed by atoms with Gasteiger partial charge in [0.15, 0.2) is 0 Å². The summed E-state index contributed by atoms with van der Waals surface area (Å²) in [6.07, 6.45) is 0.723. The van der Waals surface area contributed by atoms with Gasteiger partial charge < -0.3 is 14.4 Å². The molecule has 0 aromatic heterocycles. The van der Waals surface area contributed by atoms with Crippen molar-refractivity contribution in [1.82, 2.24) is 4.90 Å². The number of para-hydroxylation sites is 1. The second-order valence-corrected chi connectivity index (χ2v) is 8.23. The fourth-order valence-corrected chi connectivity index (χ4v) is 2.97. The van der Waals surface area contributed by atoms with Gasteiger partial charge in [0.2, 0.25) is 0 Å². The van der Waals surface area contributed by atoms with E-state index in [0.717, 1.165) is 12.0 Å². The lowest BCUT2D eigenvalue weighted by Gasteiger charge is -2.29. The lowest BCUT2D eigenvalue weighted by atomic mass is 10.1. The molecule has 1 unspecified atom stereocenters. The van der Waals surface area contributed by atoms with Gasteiger partial charge in [-0.1, -0.05) is 31.2 Å². The van der Waals surface area contributed by atoms with Crippen LogP contribution in [0, 0.1) is 5.82 Å². The zero-order valence-corrected chi connectivity index (χ0v) is 17.0. The molecule has 6 nitrogen and oxygen atoms in total. The summed E-state index contributed by atoms with van der Waals surface area (Å²) in [7, 11) is -3.59. The molecule has 2 aromatic rings. The summed E-state index contributed by atoms with van der Waals surface area (Å²) in [4.78, 5) is 14.3. The number of halogens is 1. The van der Waals surface area contributed by atoms with E-state index in [1.165, 1.54) is 19.1 Å². The van der Waals surface area contributed by atoms with Crippen LogP contribution >= 0.6 is 0 Å². The highest BCUT2D eigenvalue weighted by atomic mass is 32.2. The monoisotopic (exact) mass is 408 g/mol. The Morgan fingerprint density at radius 1 is 1.14 bits per heavy atom. The molecule has 28 heavy (non-hydrogen) atoms. The number of carbonyl (C=O) groups is 1. The Bertz CT molecular complexity index is 901. The number of amides is 2. The lowest BCUT2D eigenvalue weighted by Crippen LogP contribution is -2.40. The molecule has 0 aliphatic heterocycles. The van der Waals surface area contributed by atoms with Crippen LogP contribution in [0.25, 0.3) is 0 Å². The molecule has 0 heterocycles. The number of benzene rings is 2. The fourth-order valence-electron chi connectivity index (χ4n) is 2.45. The molecule has 0 fully saturated rings. The first-order chi connectivity index (χ1) is 13.3. The number of nitrogens with zero attached hydrogens (tertiary/aromatic N) is 1. The number of urea groups is 1. The number of carbonyl (C=O) groups excluding carboxylic acids is 1. The van der Waals surface area contributed by atoms with Gasteiger partial charge in [-0.2, -0.15) is 8.42 Å². The summed E-state index contributed by atoms with van der Waals surface area (Å²) in [6, 6.07) is 12.0. The van der Waals surface area contributed by atoms with Crippen molar-refractivity contribution in [1.29, 1.82) is 0 Å². The van der Waals surface area contributed by atoms with Crippen molar-refractivity contribution in [2.45, 2.75) is 39.8 Å². The summed E-state index contributed by atoms with van der Waals surface area (Å²) in [5.74, 6) is -0.401. The van der Waals surface area contributed by atoms with Crippen LogP contribution in [-0.2, 0) is 16.7 Å². The van der Waals surface area contributed by atoms with Crippen LogP contribution in [0.2, 0.25) is 0 Å². The molecule has 0 saturated carbocycles. The predicted molar refractivity (Wildman–Crippen MR) is 107 cm³/mol. The van der Waals surface area contributed by atoms with Crippen molar-refractivity contribution >= 4 is 21.8 Å². The summed E-state index contributed by atoms with van der Waals surface area (Å²) in [5, 5.41) is 2.60. The maximum absolute atomic E-state index is 13.8. The van der Waals surface area contributed by atoms with E-state index < -0.39 is 22.0 Å². The molecule has 2 amide bonds. The molecule has 0 aliphatic rings. The Morgan fingerprint density at radius 2 is 1.79 bits per heavy atom. The third-order valence-corrected chi connectivity index (χ3v) is 5.51. The topological polar surface area (TPSA) is 75.7 Å². The smallest absolute Gasteiger partial charge is 0.322 e. The van der Waals surface area contributed by atoms with E-state index in [-0.39, 0.29) is 29.8 Å². The van der Waals surface area contributed by atoms with Gasteiger partial charge in [0.25, 0.3) is 0 Å². The van der Waals surface area contributed by atoms with Crippen molar-refractivity contribution in [3.05, 3.63) is 59.9 Å². The summed E-state index contributed by atoms with van der Waals surface area (Å²) in [6.45, 7) is 5.66. The van der Waals surface area contributed by atoms with Gasteiger partial charge in [-0.15, -0.1) is 0 Å². The molecule has 2 aromatic carbocycles. The van der Waals surface area contributed by atoms with Crippen molar-refractivity contribution in [2.75, 3.05) is 11.1 Å². The van der Waals surface area contributed by atoms with Gasteiger partial charge in [0.05, 0.1) is 11.4 Å². The van der Waals surface area contributed by atoms with E-state index in [9.17, 15) is 17.6 Å². The fraction of sp³-hybridized carbons (Fsp3) is 0.350. The standard InChI is InChI=1S/C20H25FN2O4S/c1-4-15(3)23(20(24)22-19-9-7-6-8-18(19)21)14-16-10-12-17(13-11-16)27-28(25,26)5-2/h6-13,15H,4-5,14H2,1-3H3,(H,22,24). The van der Waals surface area contributed by atoms with Gasteiger partial charge in [-0.05, 0) is 50.1 Å². The Kier molecular flexibility index (Phi) is 7.39. The first kappa shape index (κ1) is 21.7. The van der Waals surface area contributed by atoms with Crippen LogP contribution in [0.1, 0.15) is 32.8 Å². The van der Waals surface area contributed by atoms with Crippen molar-refractivity contribution in [3.8, 4) is 5.75 Å². The van der Waals surface area contributed by atoms with E-state index in [4.69, 9.17) is 4.18 Å². The molecule has 0 aliphatic carbocycles. The maximum Gasteiger partial charge on any atom is 0.322 e. The van der Waals surface area contributed by atoms with Gasteiger partial charge in [0.1, 0.15) is 11.6 Å². The summed E-state index contributed by atoms with van der Waals surface area (Å²) >= 11 is 0. The predicted octanol–water partition coefficient (Wildman–Crippen LogP) is 4.39. The van der Waals surface area contributed by atoms with Crippen LogP contribution in [0.15, 0.2) is 48.5 Å². The van der Waals surface area contributed by atoms with Crippen molar-refractivity contribution in [2.24, 2.45) is 0 Å². The number of hydrogen-bond acceptors (Lipinski definition) is 4. The van der Waals surface area contributed by atoms with Crippen molar-refractivity contribution < 1.29 is 21.8 Å². The third-order valence-electron chi connectivity index (χ3n) is 4.35. The molecule has 0 saturated heterocycles. The molecule has 2 rings (SSSR count). The lowest BCUT2D eigenvalue weighted by molar-refractivity contribution is 0.187. The number of hydrogen-bond donors (Lipinski definition) is 1. The Labute approximate surface area is 165 Å². The first-order valence-corrected chi connectivity index (χ1v) is 10.7. The minimum Gasteiger partial charge on any atom is -0.382 e. The van der Waals surface area contributed by atoms with Crippen molar-refractivity contribution in [3.63, 3.8) is 0 Å². The van der Waals surface area contributed by atoms with Crippen LogP contribution in [-0.4, -0.2) is 31.1 Å². The Morgan fingerprint density at radius 3 is 2.36 bits per heavy atom. The molecule has 0 bridgehead atoms. The molecular weight excluding hydrogens is 383 g/mol. The van der Waals surface area contributed by atoms with E-state index in [1.54, 1.807) is 41.3 Å². The zero-order chi connectivity index (χ0) is 20.7. The molecule has 1 atom stereocenters. The highest BCUT2D eigenvalue weighted by Crippen LogP contribution is 2.19. The minimum absolute atomic E-state index is 0.0804. The van der Waals surface area contributed by atoms with Crippen LogP contribution in [0.5, 0.6) is 5.75 Å². The normalized spacial score (nSPS) is 12.3. The Hall–Kier alpha value is -2.61. The number of anilines is 1. The average Bonchev–Trinajstić information content (AvgIpc) is 2.68. The second kappa shape index (κ2) is 9.54. The first-order valence-electron chi connectivity index (χ1n) is 9.09. The molecule has 0 spiro atoms. The zero-order valence-electron chi connectivity index (χ0n) is 16.2. The summed E-state index contributed by atoms with van der Waals surface area (Å²) in [5.41, 5.74) is 0.916. The van der Waals surface area contributed by atoms with Crippen LogP contribution in [0.3, 0.4) is 0 Å². The van der Waals surface area contributed by atoms with Gasteiger partial charge in [-0.3, -0.25) is 0 Å². The van der Waals surface area contributed by atoms with Crippen LogP contribution < -0.4 is 9.50 Å². The Balaban J connectivity index is 2.13. The molecule has 0 radical (unpaired) electrons. The van der Waals surface area contributed by atoms with E-state index in [1.807, 2.05) is 13.8 Å². The highest BCUT2D eigenvalue weighted by Gasteiger charge is 2.20. The van der Waals surface area contributed by atoms with E-state index in [2.05, 4.69) is 5.32 Å². The van der Waals surface area contributed by atoms with Gasteiger partial charge in [0, 0.05) is 12.6 Å². The van der Waals surface area contributed by atoms with E-state index >= 15 is 0 Å².